The average Bonchev–Trinajstić information content (AvgIpc) is 2.74. The van der Waals surface area contributed by atoms with Gasteiger partial charge in [-0.3, -0.25) is 4.79 Å². The summed E-state index contributed by atoms with van der Waals surface area (Å²) in [6.45, 7) is 2.11. The second-order valence-electron chi connectivity index (χ2n) is 6.44. The molecule has 0 heterocycles. The fraction of sp³-hybridized carbons (Fsp3) is 0.136. The van der Waals surface area contributed by atoms with Gasteiger partial charge in [-0.15, -0.1) is 0 Å². The van der Waals surface area contributed by atoms with Gasteiger partial charge in [0.1, 0.15) is 0 Å². The SMILES string of the molecule is CC(NC(=O)c1ccc(S(=O)(=O)NCc2ccccc2)cc1)c1ccccc1. The van der Waals surface area contributed by atoms with E-state index in [4.69, 9.17) is 0 Å². The molecule has 0 fully saturated rings. The van der Waals surface area contributed by atoms with Gasteiger partial charge in [0.25, 0.3) is 5.91 Å². The number of hydrogen-bond acceptors (Lipinski definition) is 3. The molecule has 0 saturated carbocycles. The fourth-order valence-corrected chi connectivity index (χ4v) is 3.77. The summed E-state index contributed by atoms with van der Waals surface area (Å²) in [4.78, 5) is 12.5. The largest absolute Gasteiger partial charge is 0.346 e. The second-order valence-corrected chi connectivity index (χ2v) is 8.21. The second kappa shape index (κ2) is 8.82. The normalized spacial score (nSPS) is 12.3. The van der Waals surface area contributed by atoms with Crippen molar-refractivity contribution in [3.05, 3.63) is 102 Å². The summed E-state index contributed by atoms with van der Waals surface area (Å²) in [5, 5.41) is 2.91. The summed E-state index contributed by atoms with van der Waals surface area (Å²) in [6, 6.07) is 24.7. The Bertz CT molecular complexity index is 1020. The Morgan fingerprint density at radius 3 is 2.04 bits per heavy atom. The smallest absolute Gasteiger partial charge is 0.251 e. The Hall–Kier alpha value is -2.96. The third kappa shape index (κ3) is 5.06. The molecule has 0 bridgehead atoms. The summed E-state index contributed by atoms with van der Waals surface area (Å²) in [5.74, 6) is -0.252. The Morgan fingerprint density at radius 1 is 0.857 bits per heavy atom. The fourth-order valence-electron chi connectivity index (χ4n) is 2.75. The number of amides is 1. The van der Waals surface area contributed by atoms with Crippen LogP contribution in [0.2, 0.25) is 0 Å². The topological polar surface area (TPSA) is 75.3 Å². The zero-order valence-electron chi connectivity index (χ0n) is 15.5. The van der Waals surface area contributed by atoms with Crippen LogP contribution in [0.5, 0.6) is 0 Å². The molecule has 3 rings (SSSR count). The lowest BCUT2D eigenvalue weighted by atomic mass is 10.1. The number of carbonyl (C=O) groups excluding carboxylic acids is 1. The van der Waals surface area contributed by atoms with E-state index >= 15 is 0 Å². The predicted molar refractivity (Wildman–Crippen MR) is 109 cm³/mol. The summed E-state index contributed by atoms with van der Waals surface area (Å²) < 4.78 is 27.4. The number of nitrogens with one attached hydrogen (secondary N) is 2. The minimum atomic E-state index is -3.65. The van der Waals surface area contributed by atoms with Gasteiger partial charge in [-0.25, -0.2) is 13.1 Å². The van der Waals surface area contributed by atoms with Gasteiger partial charge >= 0.3 is 0 Å². The highest BCUT2D eigenvalue weighted by molar-refractivity contribution is 7.89. The van der Waals surface area contributed by atoms with Gasteiger partial charge in [0.15, 0.2) is 0 Å². The van der Waals surface area contributed by atoms with Crippen LogP contribution in [0.25, 0.3) is 0 Å². The van der Waals surface area contributed by atoms with Gasteiger partial charge in [0, 0.05) is 12.1 Å². The van der Waals surface area contributed by atoms with Gasteiger partial charge < -0.3 is 5.32 Å². The maximum absolute atomic E-state index is 12.4. The summed E-state index contributed by atoms with van der Waals surface area (Å²) in [7, 11) is -3.65. The van der Waals surface area contributed by atoms with Crippen LogP contribution < -0.4 is 10.0 Å². The molecule has 0 aliphatic heterocycles. The molecule has 0 aliphatic carbocycles. The van der Waals surface area contributed by atoms with Gasteiger partial charge in [-0.05, 0) is 42.3 Å². The molecular weight excluding hydrogens is 372 g/mol. The molecule has 0 saturated heterocycles. The molecule has 6 heteroatoms. The minimum absolute atomic E-state index is 0.121. The first-order valence-corrected chi connectivity index (χ1v) is 10.4. The first kappa shape index (κ1) is 19.8. The van der Waals surface area contributed by atoms with Crippen molar-refractivity contribution >= 4 is 15.9 Å². The number of sulfonamides is 1. The van der Waals surface area contributed by atoms with Crippen LogP contribution in [-0.4, -0.2) is 14.3 Å². The van der Waals surface area contributed by atoms with E-state index in [-0.39, 0.29) is 23.4 Å². The lowest BCUT2D eigenvalue weighted by molar-refractivity contribution is 0.0940. The van der Waals surface area contributed by atoms with Crippen molar-refractivity contribution in [2.45, 2.75) is 24.4 Å². The highest BCUT2D eigenvalue weighted by atomic mass is 32.2. The maximum atomic E-state index is 12.4. The quantitative estimate of drug-likeness (QED) is 0.642. The molecule has 28 heavy (non-hydrogen) atoms. The summed E-state index contributed by atoms with van der Waals surface area (Å²) in [5.41, 5.74) is 2.28. The monoisotopic (exact) mass is 394 g/mol. The van der Waals surface area contributed by atoms with Gasteiger partial charge in [-0.2, -0.15) is 0 Å². The van der Waals surface area contributed by atoms with Crippen LogP contribution in [0.15, 0.2) is 89.8 Å². The highest BCUT2D eigenvalue weighted by Crippen LogP contribution is 2.15. The molecule has 144 valence electrons. The van der Waals surface area contributed by atoms with Crippen LogP contribution in [0.1, 0.15) is 34.5 Å². The third-order valence-electron chi connectivity index (χ3n) is 4.38. The number of carbonyl (C=O) groups is 1. The lowest BCUT2D eigenvalue weighted by Gasteiger charge is -2.14. The predicted octanol–water partition coefficient (Wildman–Crippen LogP) is 3.66. The Kier molecular flexibility index (Phi) is 6.23. The number of rotatable bonds is 7. The molecule has 0 spiro atoms. The number of hydrogen-bond donors (Lipinski definition) is 2. The maximum Gasteiger partial charge on any atom is 0.251 e. The molecule has 0 aromatic heterocycles. The van der Waals surface area contributed by atoms with Crippen molar-refractivity contribution in [2.75, 3.05) is 0 Å². The van der Waals surface area contributed by atoms with Gasteiger partial charge in [-0.1, -0.05) is 60.7 Å². The standard InChI is InChI=1S/C22H22N2O3S/c1-17(19-10-6-3-7-11-19)24-22(25)20-12-14-21(15-13-20)28(26,27)23-16-18-8-4-2-5-9-18/h2-15,17,23H,16H2,1H3,(H,24,25). The molecule has 5 nitrogen and oxygen atoms in total. The minimum Gasteiger partial charge on any atom is -0.346 e. The zero-order chi connectivity index (χ0) is 20.0. The lowest BCUT2D eigenvalue weighted by Crippen LogP contribution is -2.27. The van der Waals surface area contributed by atoms with E-state index in [2.05, 4.69) is 10.0 Å². The molecule has 1 amide bonds. The van der Waals surface area contributed by atoms with Crippen LogP contribution in [0.4, 0.5) is 0 Å². The molecule has 0 aliphatic rings. The summed E-state index contributed by atoms with van der Waals surface area (Å²) in [6.07, 6.45) is 0. The van der Waals surface area contributed by atoms with E-state index in [0.717, 1.165) is 11.1 Å². The molecular formula is C22H22N2O3S. The van der Waals surface area contributed by atoms with Crippen molar-refractivity contribution in [1.29, 1.82) is 0 Å². The van der Waals surface area contributed by atoms with E-state index in [1.54, 1.807) is 0 Å². The Balaban J connectivity index is 1.64. The molecule has 1 unspecified atom stereocenters. The molecule has 0 radical (unpaired) electrons. The van der Waals surface area contributed by atoms with Crippen molar-refractivity contribution in [1.82, 2.24) is 10.0 Å². The first-order valence-electron chi connectivity index (χ1n) is 8.95. The molecule has 3 aromatic carbocycles. The van der Waals surface area contributed by atoms with Gasteiger partial charge in [0.05, 0.1) is 10.9 Å². The van der Waals surface area contributed by atoms with Crippen molar-refractivity contribution in [3.63, 3.8) is 0 Å². The Morgan fingerprint density at radius 2 is 1.43 bits per heavy atom. The molecule has 2 N–H and O–H groups in total. The third-order valence-corrected chi connectivity index (χ3v) is 5.80. The van der Waals surface area contributed by atoms with E-state index < -0.39 is 10.0 Å². The first-order chi connectivity index (χ1) is 13.5. The molecule has 3 aromatic rings. The highest BCUT2D eigenvalue weighted by Gasteiger charge is 2.16. The summed E-state index contributed by atoms with van der Waals surface area (Å²) >= 11 is 0. The zero-order valence-corrected chi connectivity index (χ0v) is 16.3. The van der Waals surface area contributed by atoms with Crippen LogP contribution in [0, 0.1) is 0 Å². The van der Waals surface area contributed by atoms with Crippen LogP contribution in [-0.2, 0) is 16.6 Å². The number of benzene rings is 3. The van der Waals surface area contributed by atoms with Crippen LogP contribution >= 0.6 is 0 Å². The molecule has 1 atom stereocenters. The van der Waals surface area contributed by atoms with Crippen molar-refractivity contribution in [3.8, 4) is 0 Å². The van der Waals surface area contributed by atoms with E-state index in [1.165, 1.54) is 24.3 Å². The van der Waals surface area contributed by atoms with E-state index in [0.29, 0.717) is 5.56 Å². The average molecular weight is 394 g/mol. The van der Waals surface area contributed by atoms with E-state index in [9.17, 15) is 13.2 Å². The van der Waals surface area contributed by atoms with Crippen molar-refractivity contribution < 1.29 is 13.2 Å². The van der Waals surface area contributed by atoms with E-state index in [1.807, 2.05) is 67.6 Å². The van der Waals surface area contributed by atoms with Crippen LogP contribution in [0.3, 0.4) is 0 Å². The Labute approximate surface area is 165 Å². The van der Waals surface area contributed by atoms with Crippen molar-refractivity contribution in [2.24, 2.45) is 0 Å². The van der Waals surface area contributed by atoms with Gasteiger partial charge in [0.2, 0.25) is 10.0 Å².